The summed E-state index contributed by atoms with van der Waals surface area (Å²) in [7, 11) is 5.21. The zero-order chi connectivity index (χ0) is 25.0. The number of nitrogens with one attached hydrogen (secondary N) is 1. The first-order valence-corrected chi connectivity index (χ1v) is 12.2. The van der Waals surface area contributed by atoms with Crippen LogP contribution in [0, 0.1) is 5.82 Å². The third-order valence-corrected chi connectivity index (χ3v) is 6.97. The molecule has 0 spiro atoms. The van der Waals surface area contributed by atoms with Crippen LogP contribution in [0.15, 0.2) is 48.0 Å². The van der Waals surface area contributed by atoms with Gasteiger partial charge in [-0.15, -0.1) is 11.3 Å². The normalized spacial score (nSPS) is 15.4. The molecule has 8 nitrogen and oxygen atoms in total. The minimum Gasteiger partial charge on any atom is -0.481 e. The van der Waals surface area contributed by atoms with Gasteiger partial charge in [-0.25, -0.2) is 9.37 Å². The molecule has 0 aliphatic carbocycles. The minimum absolute atomic E-state index is 0.0516. The lowest BCUT2D eigenvalue weighted by Crippen LogP contribution is -2.35. The number of carbonyl (C=O) groups is 1. The Morgan fingerprint density at radius 1 is 1.29 bits per heavy atom. The van der Waals surface area contributed by atoms with Gasteiger partial charge >= 0.3 is 0 Å². The highest BCUT2D eigenvalue weighted by atomic mass is 32.1. The molecule has 3 aromatic rings. The average molecular weight is 501 g/mol. The van der Waals surface area contributed by atoms with Crippen molar-refractivity contribution in [1.82, 2.24) is 15.2 Å². The van der Waals surface area contributed by atoms with Crippen LogP contribution in [0.4, 0.5) is 10.1 Å². The molecule has 4 rings (SSSR count). The number of benzene rings is 1. The van der Waals surface area contributed by atoms with Crippen molar-refractivity contribution in [2.75, 3.05) is 45.7 Å². The highest BCUT2D eigenvalue weighted by Gasteiger charge is 2.33. The predicted molar refractivity (Wildman–Crippen MR) is 133 cm³/mol. The van der Waals surface area contributed by atoms with Crippen LogP contribution in [0.2, 0.25) is 0 Å². The monoisotopic (exact) mass is 500 g/mol. The van der Waals surface area contributed by atoms with E-state index in [0.29, 0.717) is 41.5 Å². The number of aromatic nitrogens is 1. The molecule has 3 heterocycles. The topological polar surface area (TPSA) is 87.2 Å². The maximum absolute atomic E-state index is 15.1. The highest BCUT2D eigenvalue weighted by Crippen LogP contribution is 2.34. The van der Waals surface area contributed by atoms with Gasteiger partial charge in [-0.1, -0.05) is 12.1 Å². The van der Waals surface area contributed by atoms with Crippen LogP contribution in [0.1, 0.15) is 27.2 Å². The summed E-state index contributed by atoms with van der Waals surface area (Å²) in [6, 6.07) is 9.86. The molecule has 1 aliphatic heterocycles. The van der Waals surface area contributed by atoms with Gasteiger partial charge in [0.05, 0.1) is 23.2 Å². The SMILES string of the molecule is CNCC[C@@](O)(Oc1ccc(CN2CCN(C)c3cc(OC)ncc3C2=O)cc1F)c1cccs1. The first-order valence-electron chi connectivity index (χ1n) is 11.3. The van der Waals surface area contributed by atoms with Crippen LogP contribution in [0.3, 0.4) is 0 Å². The standard InChI is InChI=1S/C25H29FN4O4S/c1-27-9-8-25(32,22-5-4-12-35-22)34-21-7-6-17(13-19(21)26)16-30-11-10-29(2)20-14-23(33-3)28-15-18(20)24(30)31/h4-7,12-15,27,32H,8-11,16H2,1-3H3/t25-/m1/s1. The number of carbonyl (C=O) groups excluding carboxylic acids is 1. The largest absolute Gasteiger partial charge is 0.481 e. The van der Waals surface area contributed by atoms with Crippen molar-refractivity contribution in [2.24, 2.45) is 0 Å². The van der Waals surface area contributed by atoms with E-state index in [0.717, 1.165) is 5.69 Å². The molecular weight excluding hydrogens is 471 g/mol. The van der Waals surface area contributed by atoms with Crippen LogP contribution in [-0.2, 0) is 12.3 Å². The fraction of sp³-hybridized carbons (Fsp3) is 0.360. The molecule has 0 saturated heterocycles. The lowest BCUT2D eigenvalue weighted by Gasteiger charge is -2.28. The van der Waals surface area contributed by atoms with Gasteiger partial charge in [-0.3, -0.25) is 4.79 Å². The van der Waals surface area contributed by atoms with Crippen molar-refractivity contribution >= 4 is 22.9 Å². The number of likely N-dealkylation sites (N-methyl/N-ethyl adjacent to an activating group) is 1. The number of fused-ring (bicyclic) bond motifs is 1. The number of halogens is 1. The summed E-state index contributed by atoms with van der Waals surface area (Å²) in [5, 5.41) is 16.0. The first kappa shape index (κ1) is 24.9. The second-order valence-corrected chi connectivity index (χ2v) is 9.32. The number of hydrogen-bond donors (Lipinski definition) is 2. The summed E-state index contributed by atoms with van der Waals surface area (Å²) in [6.07, 6.45) is 1.76. The molecule has 1 amide bonds. The number of pyridine rings is 1. The molecule has 0 unspecified atom stereocenters. The van der Waals surface area contributed by atoms with Gasteiger partial charge < -0.3 is 29.7 Å². The van der Waals surface area contributed by atoms with Gasteiger partial charge in [-0.2, -0.15) is 0 Å². The van der Waals surface area contributed by atoms with E-state index < -0.39 is 11.6 Å². The summed E-state index contributed by atoms with van der Waals surface area (Å²) in [5.41, 5.74) is 1.83. The van der Waals surface area contributed by atoms with Gasteiger partial charge in [0, 0.05) is 51.9 Å². The third-order valence-electron chi connectivity index (χ3n) is 5.97. The fourth-order valence-electron chi connectivity index (χ4n) is 3.98. The van der Waals surface area contributed by atoms with Crippen LogP contribution < -0.4 is 19.7 Å². The summed E-state index contributed by atoms with van der Waals surface area (Å²) >= 11 is 1.34. The molecule has 0 bridgehead atoms. The van der Waals surface area contributed by atoms with E-state index in [1.54, 1.807) is 30.1 Å². The Balaban J connectivity index is 1.53. The Morgan fingerprint density at radius 3 is 2.80 bits per heavy atom. The van der Waals surface area contributed by atoms with Crippen LogP contribution in [0.5, 0.6) is 11.6 Å². The van der Waals surface area contributed by atoms with E-state index in [1.807, 2.05) is 23.4 Å². The maximum atomic E-state index is 15.1. The van der Waals surface area contributed by atoms with Crippen LogP contribution in [-0.4, -0.2) is 61.7 Å². The molecule has 1 atom stereocenters. The van der Waals surface area contributed by atoms with Gasteiger partial charge in [-0.05, 0) is 36.2 Å². The zero-order valence-electron chi connectivity index (χ0n) is 20.0. The summed E-state index contributed by atoms with van der Waals surface area (Å²) < 4.78 is 26.1. The van der Waals surface area contributed by atoms with E-state index in [1.165, 1.54) is 36.8 Å². The van der Waals surface area contributed by atoms with E-state index in [9.17, 15) is 9.90 Å². The first-order chi connectivity index (χ1) is 16.8. The number of rotatable bonds is 9. The average Bonchev–Trinajstić information content (AvgIpc) is 3.38. The summed E-state index contributed by atoms with van der Waals surface area (Å²) in [6.45, 7) is 1.79. The van der Waals surface area contributed by atoms with Crippen molar-refractivity contribution in [2.45, 2.75) is 18.8 Å². The Morgan fingerprint density at radius 2 is 2.11 bits per heavy atom. The van der Waals surface area contributed by atoms with Crippen LogP contribution >= 0.6 is 11.3 Å². The lowest BCUT2D eigenvalue weighted by molar-refractivity contribution is -0.149. The molecule has 10 heteroatoms. The Hall–Kier alpha value is -3.21. The number of aliphatic hydroxyl groups is 1. The van der Waals surface area contributed by atoms with Crippen molar-refractivity contribution in [1.29, 1.82) is 0 Å². The Bertz CT molecular complexity index is 1180. The fourth-order valence-corrected chi connectivity index (χ4v) is 4.77. The van der Waals surface area contributed by atoms with E-state index in [2.05, 4.69) is 10.3 Å². The van der Waals surface area contributed by atoms with E-state index >= 15 is 4.39 Å². The number of anilines is 1. The van der Waals surface area contributed by atoms with Crippen molar-refractivity contribution in [3.8, 4) is 11.6 Å². The maximum Gasteiger partial charge on any atom is 0.257 e. The Labute approximate surface area is 207 Å². The molecule has 186 valence electrons. The molecule has 1 aliphatic rings. The number of amides is 1. The summed E-state index contributed by atoms with van der Waals surface area (Å²) in [5.74, 6) is -2.05. The van der Waals surface area contributed by atoms with Gasteiger partial charge in [0.15, 0.2) is 11.6 Å². The molecule has 0 saturated carbocycles. The lowest BCUT2D eigenvalue weighted by atomic mass is 10.1. The summed E-state index contributed by atoms with van der Waals surface area (Å²) in [4.78, 5) is 21.6. The smallest absolute Gasteiger partial charge is 0.257 e. The molecule has 1 aromatic carbocycles. The zero-order valence-corrected chi connectivity index (χ0v) is 20.8. The predicted octanol–water partition coefficient (Wildman–Crippen LogP) is 3.22. The van der Waals surface area contributed by atoms with Gasteiger partial charge in [0.25, 0.3) is 5.91 Å². The molecule has 0 radical (unpaired) electrons. The molecular formula is C25H29FN4O4S. The molecule has 0 fully saturated rings. The highest BCUT2D eigenvalue weighted by molar-refractivity contribution is 7.10. The number of methoxy groups -OCH3 is 1. The van der Waals surface area contributed by atoms with Gasteiger partial charge in [0.1, 0.15) is 0 Å². The van der Waals surface area contributed by atoms with E-state index in [4.69, 9.17) is 9.47 Å². The van der Waals surface area contributed by atoms with Crippen LogP contribution in [0.25, 0.3) is 0 Å². The molecule has 2 aromatic heterocycles. The number of nitrogens with zero attached hydrogens (tertiary/aromatic N) is 3. The second-order valence-electron chi connectivity index (χ2n) is 8.37. The number of hydrogen-bond acceptors (Lipinski definition) is 8. The van der Waals surface area contributed by atoms with Crippen molar-refractivity contribution < 1.29 is 23.8 Å². The van der Waals surface area contributed by atoms with Crippen molar-refractivity contribution in [3.63, 3.8) is 0 Å². The minimum atomic E-state index is -1.65. The quantitative estimate of drug-likeness (QED) is 0.436. The second kappa shape index (κ2) is 10.6. The van der Waals surface area contributed by atoms with Crippen molar-refractivity contribution in [3.05, 3.63) is 69.8 Å². The molecule has 2 N–H and O–H groups in total. The Kier molecular flexibility index (Phi) is 7.54. The number of thiophene rings is 1. The van der Waals surface area contributed by atoms with E-state index in [-0.39, 0.29) is 24.6 Å². The third kappa shape index (κ3) is 5.39. The molecule has 35 heavy (non-hydrogen) atoms. The number of ether oxygens (including phenoxy) is 2. The van der Waals surface area contributed by atoms with Gasteiger partial charge in [0.2, 0.25) is 11.7 Å².